The zero-order valence-electron chi connectivity index (χ0n) is 21.4. The first-order chi connectivity index (χ1) is 16.3. The highest BCUT2D eigenvalue weighted by atomic mass is 32.2. The predicted molar refractivity (Wildman–Crippen MR) is 132 cm³/mol. The number of fused-ring (bicyclic) bond motifs is 5. The van der Waals surface area contributed by atoms with Crippen LogP contribution in [0.25, 0.3) is 0 Å². The summed E-state index contributed by atoms with van der Waals surface area (Å²) < 4.78 is 30.5. The molecular formula is C26H45NO7S. The van der Waals surface area contributed by atoms with Crippen molar-refractivity contribution in [3.8, 4) is 0 Å². The Hall–Kier alpha value is -0.740. The Kier molecular flexibility index (Phi) is 7.69. The summed E-state index contributed by atoms with van der Waals surface area (Å²) in [6.45, 7) is 6.56. The van der Waals surface area contributed by atoms with E-state index in [-0.39, 0.29) is 65.4 Å². The van der Waals surface area contributed by atoms with E-state index in [4.69, 9.17) is 4.55 Å². The summed E-state index contributed by atoms with van der Waals surface area (Å²) >= 11 is 0. The Bertz CT molecular complexity index is 896. The summed E-state index contributed by atoms with van der Waals surface area (Å²) in [6, 6.07) is 0. The molecule has 1 amide bonds. The minimum absolute atomic E-state index is 0.0509. The molecule has 4 aliphatic carbocycles. The fourth-order valence-electron chi connectivity index (χ4n) is 9.10. The van der Waals surface area contributed by atoms with Crippen LogP contribution in [-0.2, 0) is 14.9 Å². The van der Waals surface area contributed by atoms with E-state index >= 15 is 0 Å². The van der Waals surface area contributed by atoms with Crippen molar-refractivity contribution in [1.82, 2.24) is 5.32 Å². The first kappa shape index (κ1) is 27.3. The van der Waals surface area contributed by atoms with Crippen LogP contribution in [0, 0.1) is 46.3 Å². The molecule has 0 aromatic heterocycles. The Morgan fingerprint density at radius 1 is 1.06 bits per heavy atom. The van der Waals surface area contributed by atoms with Crippen LogP contribution in [-0.4, -0.2) is 64.8 Å². The van der Waals surface area contributed by atoms with E-state index in [2.05, 4.69) is 26.1 Å². The van der Waals surface area contributed by atoms with Gasteiger partial charge in [0.2, 0.25) is 5.91 Å². The highest BCUT2D eigenvalue weighted by molar-refractivity contribution is 7.85. The topological polar surface area (TPSA) is 144 Å². The van der Waals surface area contributed by atoms with Gasteiger partial charge in [-0.1, -0.05) is 20.8 Å². The lowest BCUT2D eigenvalue weighted by Gasteiger charge is -2.63. The van der Waals surface area contributed by atoms with Crippen LogP contribution in [0.15, 0.2) is 0 Å². The van der Waals surface area contributed by atoms with Crippen LogP contribution in [0.4, 0.5) is 0 Å². The Morgan fingerprint density at radius 3 is 2.46 bits per heavy atom. The van der Waals surface area contributed by atoms with E-state index in [1.54, 1.807) is 0 Å². The number of hydrogen-bond donors (Lipinski definition) is 5. The summed E-state index contributed by atoms with van der Waals surface area (Å²) in [5.74, 6) is 0.705. The van der Waals surface area contributed by atoms with Gasteiger partial charge in [-0.25, -0.2) is 0 Å². The van der Waals surface area contributed by atoms with Crippen LogP contribution in [0.5, 0.6) is 0 Å². The fourth-order valence-corrected chi connectivity index (χ4v) is 9.46. The monoisotopic (exact) mass is 515 g/mol. The van der Waals surface area contributed by atoms with E-state index in [0.717, 1.165) is 38.5 Å². The highest BCUT2D eigenvalue weighted by Gasteiger charge is 2.65. The number of rotatable bonds is 7. The Labute approximate surface area is 210 Å². The number of carbonyl (C=O) groups is 1. The quantitative estimate of drug-likeness (QED) is 0.327. The Balaban J connectivity index is 1.43. The van der Waals surface area contributed by atoms with Crippen molar-refractivity contribution in [3.05, 3.63) is 0 Å². The van der Waals surface area contributed by atoms with Crippen molar-refractivity contribution in [2.45, 2.75) is 96.9 Å². The smallest absolute Gasteiger partial charge is 0.266 e. The Morgan fingerprint density at radius 2 is 1.77 bits per heavy atom. The van der Waals surface area contributed by atoms with Crippen LogP contribution in [0.2, 0.25) is 0 Å². The third-order valence-corrected chi connectivity index (χ3v) is 11.7. The molecule has 0 spiro atoms. The maximum absolute atomic E-state index is 12.2. The summed E-state index contributed by atoms with van der Waals surface area (Å²) in [5, 5.41) is 35.8. The molecule has 0 heterocycles. The van der Waals surface area contributed by atoms with Crippen LogP contribution in [0.3, 0.4) is 0 Å². The summed E-state index contributed by atoms with van der Waals surface area (Å²) in [4.78, 5) is 12.2. The van der Waals surface area contributed by atoms with Gasteiger partial charge in [0.15, 0.2) is 0 Å². The maximum atomic E-state index is 12.2. The van der Waals surface area contributed by atoms with Crippen molar-refractivity contribution in [2.24, 2.45) is 46.3 Å². The molecule has 4 fully saturated rings. The van der Waals surface area contributed by atoms with Gasteiger partial charge < -0.3 is 20.6 Å². The standard InChI is InChI=1S/C26H45NO7S/c1-15(4-7-23(31)27-10-11-35(32,33)34)18-5-6-19-24-20(14-22(30)26(18,19)3)25(2)9-8-17(28)12-16(25)13-21(24)29/h15-22,24,28-30H,4-14H2,1-3H3,(H,27,31)(H,32,33,34)/t15-,16-,17+,18+,19+,20-,21+,22-,24-,25+,26-/m1/s1. The SMILES string of the molecule is C[C@H](CCC(=O)NCCS(=O)(=O)O)[C@@H]1CC[C@H]2[C@@H]3[C@@H](C[C@@H](O)[C@@]21C)[C@@]1(C)CC[C@H](O)C[C@@H]1C[C@@H]3O. The number of nitrogens with one attached hydrogen (secondary N) is 1. The van der Waals surface area contributed by atoms with Gasteiger partial charge >= 0.3 is 0 Å². The van der Waals surface area contributed by atoms with Crippen LogP contribution < -0.4 is 5.32 Å². The van der Waals surface area contributed by atoms with Gasteiger partial charge in [-0.3, -0.25) is 9.35 Å². The van der Waals surface area contributed by atoms with E-state index < -0.39 is 28.1 Å². The molecule has 35 heavy (non-hydrogen) atoms. The lowest BCUT2D eigenvalue weighted by molar-refractivity contribution is -0.207. The number of aliphatic hydroxyl groups is 3. The lowest BCUT2D eigenvalue weighted by atomic mass is 9.43. The van der Waals surface area contributed by atoms with E-state index in [1.807, 2.05) is 0 Å². The first-order valence-corrected chi connectivity index (χ1v) is 15.1. The number of carbonyl (C=O) groups excluding carboxylic acids is 1. The first-order valence-electron chi connectivity index (χ1n) is 13.5. The summed E-state index contributed by atoms with van der Waals surface area (Å²) in [6.07, 6.45) is 5.67. The van der Waals surface area contributed by atoms with Gasteiger partial charge in [-0.05, 0) is 97.7 Å². The molecule has 11 atom stereocenters. The van der Waals surface area contributed by atoms with Crippen molar-refractivity contribution in [2.75, 3.05) is 12.3 Å². The van der Waals surface area contributed by atoms with Gasteiger partial charge in [-0.2, -0.15) is 8.42 Å². The minimum atomic E-state index is -4.10. The van der Waals surface area contributed by atoms with Gasteiger partial charge in [0.25, 0.3) is 10.1 Å². The molecule has 4 rings (SSSR count). The second-order valence-electron chi connectivity index (χ2n) is 12.7. The molecule has 202 valence electrons. The van der Waals surface area contributed by atoms with Gasteiger partial charge in [0, 0.05) is 13.0 Å². The van der Waals surface area contributed by atoms with Gasteiger partial charge in [0.05, 0.1) is 24.1 Å². The number of amides is 1. The second kappa shape index (κ2) is 9.86. The third kappa shape index (κ3) is 5.05. The molecule has 0 aliphatic heterocycles. The van der Waals surface area contributed by atoms with E-state index in [1.165, 1.54) is 0 Å². The molecule has 0 aromatic carbocycles. The normalized spacial score (nSPS) is 46.3. The molecule has 9 heteroatoms. The van der Waals surface area contributed by atoms with Crippen molar-refractivity contribution >= 4 is 16.0 Å². The lowest BCUT2D eigenvalue weighted by Crippen LogP contribution is -2.62. The number of hydrogen-bond acceptors (Lipinski definition) is 6. The molecule has 0 saturated heterocycles. The zero-order chi connectivity index (χ0) is 25.8. The third-order valence-electron chi connectivity index (χ3n) is 11.0. The average molecular weight is 516 g/mol. The van der Waals surface area contributed by atoms with Gasteiger partial charge in [-0.15, -0.1) is 0 Å². The summed E-state index contributed by atoms with van der Waals surface area (Å²) in [7, 11) is -4.10. The molecule has 8 nitrogen and oxygen atoms in total. The fraction of sp³-hybridized carbons (Fsp3) is 0.962. The molecule has 5 N–H and O–H groups in total. The number of aliphatic hydroxyl groups excluding tert-OH is 3. The van der Waals surface area contributed by atoms with Crippen molar-refractivity contribution in [3.63, 3.8) is 0 Å². The summed E-state index contributed by atoms with van der Waals surface area (Å²) in [5.41, 5.74) is -0.254. The highest BCUT2D eigenvalue weighted by Crippen LogP contribution is 2.68. The predicted octanol–water partition coefficient (Wildman–Crippen LogP) is 2.37. The zero-order valence-corrected chi connectivity index (χ0v) is 22.2. The van der Waals surface area contributed by atoms with Crippen molar-refractivity contribution < 1.29 is 33.1 Å². The molecule has 0 unspecified atom stereocenters. The average Bonchev–Trinajstić information content (AvgIpc) is 3.12. The largest absolute Gasteiger partial charge is 0.393 e. The molecule has 0 radical (unpaired) electrons. The van der Waals surface area contributed by atoms with E-state index in [0.29, 0.717) is 18.8 Å². The van der Waals surface area contributed by atoms with E-state index in [9.17, 15) is 28.5 Å². The van der Waals surface area contributed by atoms with Crippen LogP contribution in [0.1, 0.15) is 78.6 Å². The second-order valence-corrected chi connectivity index (χ2v) is 14.2. The molecule has 0 bridgehead atoms. The molecule has 4 saturated carbocycles. The van der Waals surface area contributed by atoms with Gasteiger partial charge in [0.1, 0.15) is 0 Å². The minimum Gasteiger partial charge on any atom is -0.393 e. The van der Waals surface area contributed by atoms with Crippen molar-refractivity contribution in [1.29, 1.82) is 0 Å². The molecule has 0 aromatic rings. The van der Waals surface area contributed by atoms with Crippen LogP contribution >= 0.6 is 0 Å². The molecular weight excluding hydrogens is 470 g/mol. The maximum Gasteiger partial charge on any atom is 0.266 e. The molecule has 4 aliphatic rings.